The molecule has 56 valence electrons. The predicted octanol–water partition coefficient (Wildman–Crippen LogP) is -1.08. The zero-order valence-corrected chi connectivity index (χ0v) is 5.49. The van der Waals surface area contributed by atoms with Gasteiger partial charge in [-0.15, -0.1) is 0 Å². The predicted molar refractivity (Wildman–Crippen MR) is 32.2 cm³/mol. The number of aliphatic hydroxyl groups excluding tert-OH is 1. The first-order valence-electron chi connectivity index (χ1n) is 2.93. The topological polar surface area (TPSA) is 49.7 Å². The van der Waals surface area contributed by atoms with Crippen LogP contribution in [0, 0.1) is 0 Å². The molecule has 0 bridgehead atoms. The molecule has 0 spiro atoms. The Bertz CT molecular complexity index is 141. The minimum absolute atomic E-state index is 1.16. The standard InChI is InChI=1S/C5H8BFO3/c1-5(9)3(8)2(7)4(6)10-5/h2-4,8-9H,1H3. The third-order valence-corrected chi connectivity index (χ3v) is 1.54. The molecule has 10 heavy (non-hydrogen) atoms. The van der Waals surface area contributed by atoms with Crippen LogP contribution in [0.3, 0.4) is 0 Å². The van der Waals surface area contributed by atoms with E-state index < -0.39 is 24.1 Å². The third-order valence-electron chi connectivity index (χ3n) is 1.54. The molecular weight excluding hydrogens is 138 g/mol. The van der Waals surface area contributed by atoms with Crippen LogP contribution in [0.5, 0.6) is 0 Å². The van der Waals surface area contributed by atoms with Crippen LogP contribution < -0.4 is 0 Å². The lowest BCUT2D eigenvalue weighted by atomic mass is 9.94. The number of halogens is 1. The minimum atomic E-state index is -1.85. The van der Waals surface area contributed by atoms with E-state index in [1.54, 1.807) is 0 Å². The van der Waals surface area contributed by atoms with Gasteiger partial charge >= 0.3 is 0 Å². The SMILES string of the molecule is [B]C1OC(C)(O)C(O)C1F. The van der Waals surface area contributed by atoms with Crippen LogP contribution >= 0.6 is 0 Å². The van der Waals surface area contributed by atoms with Crippen LogP contribution in [-0.4, -0.2) is 42.1 Å². The van der Waals surface area contributed by atoms with Crippen LogP contribution in [0.25, 0.3) is 0 Å². The Hall–Kier alpha value is -0.125. The fourth-order valence-electron chi connectivity index (χ4n) is 0.885. The van der Waals surface area contributed by atoms with Crippen LogP contribution in [0.1, 0.15) is 6.92 Å². The van der Waals surface area contributed by atoms with Gasteiger partial charge in [0.05, 0.1) is 6.00 Å². The summed E-state index contributed by atoms with van der Waals surface area (Å²) in [5.41, 5.74) is 0. The molecule has 4 unspecified atom stereocenters. The molecule has 0 aromatic carbocycles. The van der Waals surface area contributed by atoms with Crippen LogP contribution in [0.2, 0.25) is 0 Å². The molecule has 5 heteroatoms. The van der Waals surface area contributed by atoms with Crippen molar-refractivity contribution in [2.75, 3.05) is 0 Å². The summed E-state index contributed by atoms with van der Waals surface area (Å²) in [5, 5.41) is 17.9. The van der Waals surface area contributed by atoms with Crippen molar-refractivity contribution in [3.05, 3.63) is 0 Å². The largest absolute Gasteiger partial charge is 0.384 e. The van der Waals surface area contributed by atoms with Crippen molar-refractivity contribution in [3.63, 3.8) is 0 Å². The zero-order chi connectivity index (χ0) is 7.94. The van der Waals surface area contributed by atoms with Crippen molar-refractivity contribution in [2.24, 2.45) is 0 Å². The van der Waals surface area contributed by atoms with Gasteiger partial charge in [-0.1, -0.05) is 0 Å². The summed E-state index contributed by atoms with van der Waals surface area (Å²) in [7, 11) is 5.03. The van der Waals surface area contributed by atoms with Crippen LogP contribution in [0.4, 0.5) is 4.39 Å². The summed E-state index contributed by atoms with van der Waals surface area (Å²) in [6, 6.07) is -1.23. The van der Waals surface area contributed by atoms with E-state index in [0.29, 0.717) is 0 Å². The van der Waals surface area contributed by atoms with Gasteiger partial charge in [0.1, 0.15) is 20.1 Å². The molecule has 3 nitrogen and oxygen atoms in total. The van der Waals surface area contributed by atoms with Gasteiger partial charge in [-0.2, -0.15) is 0 Å². The highest BCUT2D eigenvalue weighted by Crippen LogP contribution is 2.28. The Labute approximate surface area is 59.2 Å². The third kappa shape index (κ3) is 1.04. The van der Waals surface area contributed by atoms with Gasteiger partial charge < -0.3 is 14.9 Å². The monoisotopic (exact) mass is 146 g/mol. The first-order chi connectivity index (χ1) is 4.45. The maximum absolute atomic E-state index is 12.5. The molecule has 1 aliphatic heterocycles. The highest BCUT2D eigenvalue weighted by atomic mass is 19.1. The fourth-order valence-corrected chi connectivity index (χ4v) is 0.885. The molecule has 0 aromatic rings. The molecule has 0 amide bonds. The van der Waals surface area contributed by atoms with Crippen molar-refractivity contribution in [2.45, 2.75) is 31.0 Å². The van der Waals surface area contributed by atoms with E-state index in [9.17, 15) is 4.39 Å². The second-order valence-corrected chi connectivity index (χ2v) is 2.53. The van der Waals surface area contributed by atoms with E-state index in [1.807, 2.05) is 0 Å². The van der Waals surface area contributed by atoms with E-state index in [4.69, 9.17) is 18.1 Å². The lowest BCUT2D eigenvalue weighted by molar-refractivity contribution is -0.205. The minimum Gasteiger partial charge on any atom is -0.384 e. The Morgan fingerprint density at radius 3 is 2.30 bits per heavy atom. The normalized spacial score (nSPS) is 55.4. The van der Waals surface area contributed by atoms with Gasteiger partial charge in [-0.05, 0) is 6.92 Å². The highest BCUT2D eigenvalue weighted by Gasteiger charge is 2.48. The summed E-state index contributed by atoms with van der Waals surface area (Å²) in [5.74, 6) is -1.85. The van der Waals surface area contributed by atoms with E-state index in [2.05, 4.69) is 4.74 Å². The second kappa shape index (κ2) is 2.18. The molecule has 2 N–H and O–H groups in total. The second-order valence-electron chi connectivity index (χ2n) is 2.53. The van der Waals surface area contributed by atoms with Crippen LogP contribution in [-0.2, 0) is 4.74 Å². The Morgan fingerprint density at radius 2 is 2.20 bits per heavy atom. The van der Waals surface area contributed by atoms with E-state index in [1.165, 1.54) is 0 Å². The number of aliphatic hydroxyl groups is 2. The molecule has 2 radical (unpaired) electrons. The van der Waals surface area contributed by atoms with Crippen LogP contribution in [0.15, 0.2) is 0 Å². The Kier molecular flexibility index (Phi) is 1.74. The number of alkyl halides is 1. The van der Waals surface area contributed by atoms with Gasteiger partial charge in [-0.3, -0.25) is 0 Å². The molecule has 1 saturated heterocycles. The number of hydrogen-bond acceptors (Lipinski definition) is 3. The Balaban J connectivity index is 2.71. The van der Waals surface area contributed by atoms with Crippen molar-refractivity contribution in [3.8, 4) is 0 Å². The van der Waals surface area contributed by atoms with E-state index in [0.717, 1.165) is 6.92 Å². The quantitative estimate of drug-likeness (QED) is 0.427. The van der Waals surface area contributed by atoms with Crippen molar-refractivity contribution >= 4 is 7.85 Å². The number of rotatable bonds is 0. The number of ether oxygens (including phenoxy) is 1. The van der Waals surface area contributed by atoms with Crippen molar-refractivity contribution in [1.82, 2.24) is 0 Å². The first kappa shape index (κ1) is 7.98. The summed E-state index contributed by atoms with van der Waals surface area (Å²) in [6.45, 7) is 1.16. The van der Waals surface area contributed by atoms with Crippen molar-refractivity contribution in [1.29, 1.82) is 0 Å². The highest BCUT2D eigenvalue weighted by molar-refractivity contribution is 6.11. The summed E-state index contributed by atoms with van der Waals surface area (Å²) in [4.78, 5) is 0. The number of hydrogen-bond donors (Lipinski definition) is 2. The van der Waals surface area contributed by atoms with E-state index in [-0.39, 0.29) is 0 Å². The molecule has 0 saturated carbocycles. The lowest BCUT2D eigenvalue weighted by Crippen LogP contribution is -2.38. The molecule has 0 aliphatic carbocycles. The van der Waals surface area contributed by atoms with Gasteiger partial charge in [-0.25, -0.2) is 4.39 Å². The molecule has 4 atom stereocenters. The molecular formula is C5H8BFO3. The molecule has 1 fully saturated rings. The van der Waals surface area contributed by atoms with Crippen molar-refractivity contribution < 1.29 is 19.3 Å². The average molecular weight is 146 g/mol. The maximum Gasteiger partial charge on any atom is 0.191 e. The smallest absolute Gasteiger partial charge is 0.191 e. The fraction of sp³-hybridized carbons (Fsp3) is 1.00. The molecule has 0 aromatic heterocycles. The van der Waals surface area contributed by atoms with Gasteiger partial charge in [0.2, 0.25) is 0 Å². The summed E-state index contributed by atoms with van der Waals surface area (Å²) < 4.78 is 17.0. The Morgan fingerprint density at radius 1 is 1.70 bits per heavy atom. The lowest BCUT2D eigenvalue weighted by Gasteiger charge is -2.19. The molecule has 1 aliphatic rings. The zero-order valence-electron chi connectivity index (χ0n) is 5.49. The molecule has 1 rings (SSSR count). The van der Waals surface area contributed by atoms with Gasteiger partial charge in [0.25, 0.3) is 0 Å². The first-order valence-corrected chi connectivity index (χ1v) is 2.93. The van der Waals surface area contributed by atoms with E-state index >= 15 is 0 Å². The maximum atomic E-state index is 12.5. The summed E-state index contributed by atoms with van der Waals surface area (Å²) >= 11 is 0. The van der Waals surface area contributed by atoms with Gasteiger partial charge in [0.15, 0.2) is 5.79 Å². The summed E-state index contributed by atoms with van der Waals surface area (Å²) in [6.07, 6.45) is -3.27. The van der Waals surface area contributed by atoms with Gasteiger partial charge in [0, 0.05) is 0 Å². The molecule has 1 heterocycles. The average Bonchev–Trinajstić information content (AvgIpc) is 1.95.